The van der Waals surface area contributed by atoms with Crippen LogP contribution in [0.2, 0.25) is 0 Å². The Morgan fingerprint density at radius 3 is 2.17 bits per heavy atom. The average molecular weight is 595 g/mol. The van der Waals surface area contributed by atoms with Crippen molar-refractivity contribution in [2.24, 2.45) is 0 Å². The number of hydrogen-bond donors (Lipinski definition) is 9. The molecule has 3 heterocycles. The molecule has 5 rings (SSSR count). The monoisotopic (exact) mass is 594 g/mol. The van der Waals surface area contributed by atoms with Gasteiger partial charge >= 0.3 is 0 Å². The van der Waals surface area contributed by atoms with Gasteiger partial charge in [-0.15, -0.1) is 0 Å². The summed E-state index contributed by atoms with van der Waals surface area (Å²) < 4.78 is 28.3. The average Bonchev–Trinajstić information content (AvgIpc) is 2.95. The number of fused-ring (bicyclic) bond motifs is 1. The molecular formula is C27H30O15. The first-order valence-electron chi connectivity index (χ1n) is 12.9. The minimum absolute atomic E-state index is 0.0383. The largest absolute Gasteiger partial charge is 0.508 e. The van der Waals surface area contributed by atoms with Crippen LogP contribution in [0.15, 0.2) is 45.6 Å². The van der Waals surface area contributed by atoms with E-state index in [0.717, 1.165) is 12.1 Å². The Labute approximate surface area is 236 Å². The van der Waals surface area contributed by atoms with Crippen LogP contribution in [0.1, 0.15) is 6.92 Å². The van der Waals surface area contributed by atoms with E-state index in [1.165, 1.54) is 31.2 Å². The molecule has 0 radical (unpaired) electrons. The van der Waals surface area contributed by atoms with Gasteiger partial charge in [0.25, 0.3) is 0 Å². The number of phenolic OH excluding ortho intramolecular Hbond substituents is 3. The second-order valence-corrected chi connectivity index (χ2v) is 10.1. The lowest BCUT2D eigenvalue weighted by Gasteiger charge is -2.45. The van der Waals surface area contributed by atoms with Crippen LogP contribution in [0.3, 0.4) is 0 Å². The summed E-state index contributed by atoms with van der Waals surface area (Å²) in [6, 6.07) is 7.45. The van der Waals surface area contributed by atoms with E-state index in [4.69, 9.17) is 23.4 Å². The van der Waals surface area contributed by atoms with E-state index in [1.54, 1.807) is 0 Å². The van der Waals surface area contributed by atoms with E-state index < -0.39 is 102 Å². The zero-order valence-electron chi connectivity index (χ0n) is 21.9. The van der Waals surface area contributed by atoms with Crippen LogP contribution in [0, 0.1) is 0 Å². The van der Waals surface area contributed by atoms with E-state index >= 15 is 0 Å². The van der Waals surface area contributed by atoms with Gasteiger partial charge in [-0.2, -0.15) is 0 Å². The Morgan fingerprint density at radius 2 is 1.50 bits per heavy atom. The molecule has 2 aliphatic heterocycles. The fourth-order valence-electron chi connectivity index (χ4n) is 4.85. The summed E-state index contributed by atoms with van der Waals surface area (Å²) in [5.41, 5.74) is -0.844. The molecule has 15 nitrogen and oxygen atoms in total. The van der Waals surface area contributed by atoms with Crippen molar-refractivity contribution in [3.63, 3.8) is 0 Å². The number of phenols is 3. The third kappa shape index (κ3) is 5.37. The predicted octanol–water partition coefficient (Wildman–Crippen LogP) is -1.39. The highest BCUT2D eigenvalue weighted by molar-refractivity contribution is 5.91. The molecule has 0 spiro atoms. The van der Waals surface area contributed by atoms with Crippen LogP contribution in [0.25, 0.3) is 22.3 Å². The molecule has 2 saturated heterocycles. The third-order valence-corrected chi connectivity index (χ3v) is 7.23. The predicted molar refractivity (Wildman–Crippen MR) is 139 cm³/mol. The molecule has 2 aliphatic rings. The summed E-state index contributed by atoms with van der Waals surface area (Å²) in [5, 5.41) is 92.0. The molecule has 10 atom stereocenters. The Balaban J connectivity index is 1.56. The number of hydrogen-bond acceptors (Lipinski definition) is 15. The summed E-state index contributed by atoms with van der Waals surface area (Å²) in [5.74, 6) is -2.04. The lowest BCUT2D eigenvalue weighted by molar-refractivity contribution is -0.354. The van der Waals surface area contributed by atoms with Gasteiger partial charge in [-0.1, -0.05) is 0 Å². The summed E-state index contributed by atoms with van der Waals surface area (Å²) in [6.07, 6.45) is -16.2. The highest BCUT2D eigenvalue weighted by atomic mass is 16.8. The highest BCUT2D eigenvalue weighted by Crippen LogP contribution is 2.42. The first kappa shape index (κ1) is 30.0. The molecule has 15 heteroatoms. The van der Waals surface area contributed by atoms with Crippen molar-refractivity contribution in [2.75, 3.05) is 6.61 Å². The minimum atomic E-state index is -1.86. The second kappa shape index (κ2) is 11.6. The summed E-state index contributed by atoms with van der Waals surface area (Å²) in [4.78, 5) is 13.0. The van der Waals surface area contributed by atoms with E-state index in [9.17, 15) is 50.8 Å². The number of aromatic hydroxyl groups is 3. The standard InChI is InChI=1S/C27H30O15/c1-9-18(33)20(35)22(37)26(38-9)42-25-21(36)19(34)16(8-28)40-27(25)41-23-14(32)6-12(30)17-13(31)7-15(39-24(17)23)10-2-4-11(29)5-3-10/h2-7,9,16,18-22,25-30,32-37H,8H2,1H3/t9-,16+,18-,19+,20+,21-,22+,25-,26-,27?/m0/s1. The van der Waals surface area contributed by atoms with Crippen molar-refractivity contribution in [3.05, 3.63) is 46.6 Å². The number of benzene rings is 2. The fraction of sp³-hybridized carbons (Fsp3) is 0.444. The molecular weight excluding hydrogens is 564 g/mol. The lowest BCUT2D eigenvalue weighted by Crippen LogP contribution is -2.64. The molecule has 0 amide bonds. The van der Waals surface area contributed by atoms with Crippen molar-refractivity contribution in [3.8, 4) is 34.3 Å². The highest BCUT2D eigenvalue weighted by Gasteiger charge is 2.51. The first-order chi connectivity index (χ1) is 19.9. The maximum Gasteiger partial charge on any atom is 0.230 e. The van der Waals surface area contributed by atoms with Crippen LogP contribution in [0.5, 0.6) is 23.0 Å². The van der Waals surface area contributed by atoms with E-state index in [2.05, 4.69) is 0 Å². The van der Waals surface area contributed by atoms with Crippen molar-refractivity contribution in [2.45, 2.75) is 68.3 Å². The van der Waals surface area contributed by atoms with E-state index in [1.807, 2.05) is 0 Å². The number of aliphatic hydroxyl groups is 6. The molecule has 2 fully saturated rings. The number of ether oxygens (including phenoxy) is 4. The summed E-state index contributed by atoms with van der Waals surface area (Å²) in [6.45, 7) is 0.598. The van der Waals surface area contributed by atoms with Crippen molar-refractivity contribution >= 4 is 11.0 Å². The van der Waals surface area contributed by atoms with Crippen LogP contribution < -0.4 is 10.2 Å². The molecule has 2 aromatic carbocycles. The maximum atomic E-state index is 13.0. The van der Waals surface area contributed by atoms with E-state index in [0.29, 0.717) is 5.56 Å². The topological polar surface area (TPSA) is 249 Å². The molecule has 0 aliphatic carbocycles. The zero-order chi connectivity index (χ0) is 30.5. The molecule has 0 saturated carbocycles. The third-order valence-electron chi connectivity index (χ3n) is 7.23. The van der Waals surface area contributed by atoms with Gasteiger partial charge in [-0.25, -0.2) is 0 Å². The van der Waals surface area contributed by atoms with Gasteiger partial charge in [0, 0.05) is 17.7 Å². The lowest BCUT2D eigenvalue weighted by atomic mass is 9.97. The second-order valence-electron chi connectivity index (χ2n) is 10.1. The Bertz CT molecular complexity index is 1470. The molecule has 1 aromatic heterocycles. The molecule has 9 N–H and O–H groups in total. The quantitative estimate of drug-likeness (QED) is 0.159. The Hall–Kier alpha value is -3.51. The smallest absolute Gasteiger partial charge is 0.230 e. The van der Waals surface area contributed by atoms with Gasteiger partial charge < -0.3 is 69.3 Å². The Morgan fingerprint density at radius 1 is 0.810 bits per heavy atom. The summed E-state index contributed by atoms with van der Waals surface area (Å²) >= 11 is 0. The minimum Gasteiger partial charge on any atom is -0.508 e. The van der Waals surface area contributed by atoms with Crippen molar-refractivity contribution in [1.29, 1.82) is 0 Å². The summed E-state index contributed by atoms with van der Waals surface area (Å²) in [7, 11) is 0. The van der Waals surface area contributed by atoms with Gasteiger partial charge in [0.2, 0.25) is 12.0 Å². The number of rotatable bonds is 6. The first-order valence-corrected chi connectivity index (χ1v) is 12.9. The molecule has 0 bridgehead atoms. The molecule has 228 valence electrons. The molecule has 1 unspecified atom stereocenters. The number of aliphatic hydroxyl groups excluding tert-OH is 6. The van der Waals surface area contributed by atoms with Crippen molar-refractivity contribution < 1.29 is 69.3 Å². The Kier molecular flexibility index (Phi) is 8.30. The van der Waals surface area contributed by atoms with Gasteiger partial charge in [0.05, 0.1) is 12.7 Å². The SMILES string of the molecule is C[C@@H]1O[C@@H](O[C@@H]2C(Oc3c(O)cc(O)c4c(=O)cc(-c5ccc(O)cc5)oc34)O[C@H](CO)[C@@H](O)[C@@H]2O)[C@H](O)[C@H](O)[C@H]1O. The van der Waals surface area contributed by atoms with Crippen LogP contribution in [-0.4, -0.2) is 114 Å². The van der Waals surface area contributed by atoms with Gasteiger partial charge in [-0.05, 0) is 31.2 Å². The van der Waals surface area contributed by atoms with Crippen LogP contribution in [-0.2, 0) is 14.2 Å². The van der Waals surface area contributed by atoms with Gasteiger partial charge in [0.1, 0.15) is 59.3 Å². The normalized spacial score (nSPS) is 33.5. The van der Waals surface area contributed by atoms with Gasteiger partial charge in [-0.3, -0.25) is 4.79 Å². The fourth-order valence-corrected chi connectivity index (χ4v) is 4.85. The van der Waals surface area contributed by atoms with Gasteiger partial charge in [0.15, 0.2) is 29.2 Å². The molecule has 3 aromatic rings. The van der Waals surface area contributed by atoms with Crippen molar-refractivity contribution in [1.82, 2.24) is 0 Å². The zero-order valence-corrected chi connectivity index (χ0v) is 21.9. The maximum absolute atomic E-state index is 13.0. The van der Waals surface area contributed by atoms with Crippen LogP contribution >= 0.6 is 0 Å². The molecule has 42 heavy (non-hydrogen) atoms. The van der Waals surface area contributed by atoms with Crippen LogP contribution in [0.4, 0.5) is 0 Å². The van der Waals surface area contributed by atoms with E-state index in [-0.39, 0.29) is 11.5 Å².